The molecule has 1 unspecified atom stereocenters. The number of hydrogen-bond acceptors (Lipinski definition) is 5. The molecule has 0 radical (unpaired) electrons. The van der Waals surface area contributed by atoms with E-state index in [4.69, 9.17) is 5.41 Å². The fraction of sp³-hybridized carbons (Fsp3) is 0.333. The third-order valence-corrected chi connectivity index (χ3v) is 4.23. The Bertz CT molecular complexity index is 869. The third kappa shape index (κ3) is 3.33. The van der Waals surface area contributed by atoms with Gasteiger partial charge in [0.2, 0.25) is 0 Å². The van der Waals surface area contributed by atoms with Crippen molar-refractivity contribution in [2.45, 2.75) is 25.8 Å². The zero-order valence-electron chi connectivity index (χ0n) is 14.2. The smallest absolute Gasteiger partial charge is 0.0892 e. The van der Waals surface area contributed by atoms with Gasteiger partial charge in [0.15, 0.2) is 0 Å². The molecule has 0 aromatic carbocycles. The summed E-state index contributed by atoms with van der Waals surface area (Å²) in [6.07, 6.45) is 7.15. The number of nitrogens with one attached hydrogen (secondary N) is 2. The van der Waals surface area contributed by atoms with E-state index in [1.54, 1.807) is 4.68 Å². The molecular weight excluding hydrogens is 300 g/mol. The van der Waals surface area contributed by atoms with Crippen LogP contribution in [0.1, 0.15) is 23.7 Å². The van der Waals surface area contributed by atoms with Crippen LogP contribution in [-0.2, 0) is 19.0 Å². The first-order chi connectivity index (χ1) is 11.5. The Kier molecular flexibility index (Phi) is 4.40. The highest BCUT2D eigenvalue weighted by atomic mass is 15.2. The van der Waals surface area contributed by atoms with E-state index in [0.717, 1.165) is 34.4 Å². The predicted octanol–water partition coefficient (Wildman–Crippen LogP) is 2.37. The second kappa shape index (κ2) is 6.49. The molecule has 0 saturated heterocycles. The number of fused-ring (bicyclic) bond motifs is 1. The van der Waals surface area contributed by atoms with Gasteiger partial charge in [-0.25, -0.2) is 0 Å². The van der Waals surface area contributed by atoms with Crippen LogP contribution in [0, 0.1) is 12.3 Å². The van der Waals surface area contributed by atoms with E-state index >= 15 is 0 Å². The zero-order chi connectivity index (χ0) is 17.2. The highest BCUT2D eigenvalue weighted by Crippen LogP contribution is 2.23. The number of aromatic nitrogens is 4. The van der Waals surface area contributed by atoms with Crippen LogP contribution in [0.3, 0.4) is 0 Å². The third-order valence-electron chi connectivity index (χ3n) is 4.23. The molecule has 0 spiro atoms. The summed E-state index contributed by atoms with van der Waals surface area (Å²) in [5.74, 6) is 0. The fourth-order valence-corrected chi connectivity index (χ4v) is 2.69. The minimum atomic E-state index is -0.436. The summed E-state index contributed by atoms with van der Waals surface area (Å²) in [7, 11) is 1.90. The van der Waals surface area contributed by atoms with Gasteiger partial charge in [0.05, 0.1) is 17.2 Å². The highest BCUT2D eigenvalue weighted by Gasteiger charge is 2.24. The Balaban J connectivity index is 1.79. The van der Waals surface area contributed by atoms with E-state index < -0.39 is 5.41 Å². The quantitative estimate of drug-likeness (QED) is 0.683. The van der Waals surface area contributed by atoms with E-state index in [2.05, 4.69) is 20.4 Å². The summed E-state index contributed by atoms with van der Waals surface area (Å²) in [5, 5.41) is 15.5. The lowest BCUT2D eigenvalue weighted by atomic mass is 9.84. The summed E-state index contributed by atoms with van der Waals surface area (Å²) < 4.78 is 1.79. The Morgan fingerprint density at radius 1 is 1.29 bits per heavy atom. The van der Waals surface area contributed by atoms with Crippen LogP contribution in [0.15, 0.2) is 36.8 Å². The minimum Gasteiger partial charge on any atom is -0.312 e. The Morgan fingerprint density at radius 2 is 2.12 bits per heavy atom. The second-order valence-corrected chi connectivity index (χ2v) is 6.40. The number of nitrogens with zero attached hydrogens (tertiary/aromatic N) is 4. The molecule has 0 aliphatic carbocycles. The maximum absolute atomic E-state index is 7.90. The van der Waals surface area contributed by atoms with Crippen molar-refractivity contribution in [1.82, 2.24) is 25.1 Å². The van der Waals surface area contributed by atoms with Crippen molar-refractivity contribution < 1.29 is 0 Å². The molecule has 3 rings (SSSR count). The zero-order valence-corrected chi connectivity index (χ0v) is 14.2. The van der Waals surface area contributed by atoms with Gasteiger partial charge in [0.1, 0.15) is 0 Å². The first-order valence-electron chi connectivity index (χ1n) is 7.94. The van der Waals surface area contributed by atoms with Crippen LogP contribution in [0.2, 0.25) is 0 Å². The molecule has 3 aromatic heterocycles. The molecule has 6 nitrogen and oxygen atoms in total. The number of rotatable bonds is 6. The van der Waals surface area contributed by atoms with Gasteiger partial charge in [0.25, 0.3) is 0 Å². The van der Waals surface area contributed by atoms with Crippen molar-refractivity contribution in [2.24, 2.45) is 7.05 Å². The molecule has 24 heavy (non-hydrogen) atoms. The maximum atomic E-state index is 7.90. The van der Waals surface area contributed by atoms with Gasteiger partial charge < -0.3 is 10.7 Å². The number of pyridine rings is 2. The molecule has 3 aromatic rings. The standard InChI is InChI=1S/C18H22N6/c1-13-4-5-16-17(23-13)6-15(9-21-16)18(2,11-19)12-20-7-14-8-22-24(3)10-14/h4-6,8-11,19-20H,7,12H2,1-3H3. The van der Waals surface area contributed by atoms with E-state index in [9.17, 15) is 0 Å². The normalized spacial score (nSPS) is 13.8. The Hall–Kier alpha value is -2.60. The van der Waals surface area contributed by atoms with Gasteiger partial charge in [-0.2, -0.15) is 5.10 Å². The molecule has 1 atom stereocenters. The van der Waals surface area contributed by atoms with Crippen molar-refractivity contribution in [2.75, 3.05) is 6.54 Å². The Labute approximate surface area is 141 Å². The van der Waals surface area contributed by atoms with E-state index in [1.807, 2.05) is 57.7 Å². The number of aryl methyl sites for hydroxylation is 2. The highest BCUT2D eigenvalue weighted by molar-refractivity contribution is 5.78. The van der Waals surface area contributed by atoms with Crippen LogP contribution in [0.25, 0.3) is 11.0 Å². The monoisotopic (exact) mass is 322 g/mol. The van der Waals surface area contributed by atoms with Gasteiger partial charge in [-0.05, 0) is 37.6 Å². The molecule has 0 aliphatic heterocycles. The molecule has 2 N–H and O–H groups in total. The summed E-state index contributed by atoms with van der Waals surface area (Å²) >= 11 is 0. The van der Waals surface area contributed by atoms with Crippen molar-refractivity contribution in [3.05, 3.63) is 53.6 Å². The maximum Gasteiger partial charge on any atom is 0.0892 e. The Morgan fingerprint density at radius 3 is 2.83 bits per heavy atom. The number of hydrogen-bond donors (Lipinski definition) is 2. The molecule has 124 valence electrons. The predicted molar refractivity (Wildman–Crippen MR) is 95.3 cm³/mol. The first kappa shape index (κ1) is 16.3. The van der Waals surface area contributed by atoms with Crippen molar-refractivity contribution in [1.29, 1.82) is 5.41 Å². The van der Waals surface area contributed by atoms with E-state index in [0.29, 0.717) is 6.54 Å². The molecule has 3 heterocycles. The fourth-order valence-electron chi connectivity index (χ4n) is 2.69. The van der Waals surface area contributed by atoms with Crippen LogP contribution in [0.5, 0.6) is 0 Å². The SMILES string of the molecule is Cc1ccc2ncc(C(C)(C=N)CNCc3cnn(C)c3)cc2n1. The van der Waals surface area contributed by atoms with Crippen LogP contribution in [0.4, 0.5) is 0 Å². The molecule has 0 amide bonds. The lowest BCUT2D eigenvalue weighted by Crippen LogP contribution is -2.36. The molecule has 0 aliphatic rings. The summed E-state index contributed by atoms with van der Waals surface area (Å²) in [4.78, 5) is 9.04. The molecule has 0 bridgehead atoms. The van der Waals surface area contributed by atoms with E-state index in [1.165, 1.54) is 6.21 Å². The van der Waals surface area contributed by atoms with Gasteiger partial charge in [0, 0.05) is 55.4 Å². The van der Waals surface area contributed by atoms with Crippen LogP contribution >= 0.6 is 0 Å². The molecule has 0 saturated carbocycles. The minimum absolute atomic E-state index is 0.436. The largest absolute Gasteiger partial charge is 0.312 e. The molecular formula is C18H22N6. The first-order valence-corrected chi connectivity index (χ1v) is 7.94. The van der Waals surface area contributed by atoms with Crippen molar-refractivity contribution in [3.63, 3.8) is 0 Å². The van der Waals surface area contributed by atoms with Crippen LogP contribution in [-0.4, -0.2) is 32.5 Å². The van der Waals surface area contributed by atoms with Crippen LogP contribution < -0.4 is 5.32 Å². The van der Waals surface area contributed by atoms with Gasteiger partial charge in [-0.1, -0.05) is 0 Å². The van der Waals surface area contributed by atoms with Crippen molar-refractivity contribution >= 4 is 17.2 Å². The summed E-state index contributed by atoms with van der Waals surface area (Å²) in [6.45, 7) is 5.37. The topological polar surface area (TPSA) is 79.5 Å². The van der Waals surface area contributed by atoms with E-state index in [-0.39, 0.29) is 0 Å². The average molecular weight is 322 g/mol. The lowest BCUT2D eigenvalue weighted by Gasteiger charge is -2.25. The summed E-state index contributed by atoms with van der Waals surface area (Å²) in [5.41, 5.74) is 4.38. The molecule has 0 fully saturated rings. The lowest BCUT2D eigenvalue weighted by molar-refractivity contribution is 0.550. The van der Waals surface area contributed by atoms with Crippen molar-refractivity contribution in [3.8, 4) is 0 Å². The summed E-state index contributed by atoms with van der Waals surface area (Å²) in [6, 6.07) is 5.97. The average Bonchev–Trinajstić information content (AvgIpc) is 2.99. The van der Waals surface area contributed by atoms with Gasteiger partial charge in [-0.3, -0.25) is 14.6 Å². The molecule has 6 heteroatoms. The van der Waals surface area contributed by atoms with Gasteiger partial charge in [-0.15, -0.1) is 0 Å². The van der Waals surface area contributed by atoms with Gasteiger partial charge >= 0.3 is 0 Å². The second-order valence-electron chi connectivity index (χ2n) is 6.40.